The van der Waals surface area contributed by atoms with Gasteiger partial charge in [0.25, 0.3) is 0 Å². The highest BCUT2D eigenvalue weighted by Crippen LogP contribution is 2.14. The molecule has 0 aliphatic carbocycles. The van der Waals surface area contributed by atoms with Crippen LogP contribution in [0.15, 0.2) is 34.2 Å². The maximum atomic E-state index is 4.37. The van der Waals surface area contributed by atoms with Crippen LogP contribution in [0, 0.1) is 0 Å². The maximum absolute atomic E-state index is 4.37. The van der Waals surface area contributed by atoms with Crippen LogP contribution in [0.4, 0.5) is 0 Å². The molecule has 0 aromatic heterocycles. The van der Waals surface area contributed by atoms with E-state index < -0.39 is 0 Å². The lowest BCUT2D eigenvalue weighted by molar-refractivity contribution is 0.712. The van der Waals surface area contributed by atoms with E-state index in [0.29, 0.717) is 6.04 Å². The van der Waals surface area contributed by atoms with Gasteiger partial charge >= 0.3 is 0 Å². The monoisotopic (exact) mass is 249 g/mol. The van der Waals surface area contributed by atoms with Gasteiger partial charge in [0.15, 0.2) is 5.96 Å². The van der Waals surface area contributed by atoms with Crippen molar-refractivity contribution < 1.29 is 0 Å². The maximum Gasteiger partial charge on any atom is 0.191 e. The molecule has 0 saturated carbocycles. The molecule has 4 heteroatoms. The molecule has 1 atom stereocenters. The molecule has 0 bridgehead atoms. The van der Waals surface area contributed by atoms with Crippen LogP contribution in [0.2, 0.25) is 0 Å². The summed E-state index contributed by atoms with van der Waals surface area (Å²) in [6.45, 7) is 3.95. The van der Waals surface area contributed by atoms with Crippen LogP contribution in [0.3, 0.4) is 0 Å². The van der Waals surface area contributed by atoms with Gasteiger partial charge in [0, 0.05) is 17.5 Å². The fourth-order valence-corrected chi connectivity index (χ4v) is 2.19. The second-order valence-electron chi connectivity index (χ2n) is 4.26. The quantitative estimate of drug-likeness (QED) is 0.800. The molecule has 1 aromatic carbocycles. The van der Waals surface area contributed by atoms with Crippen LogP contribution in [0.1, 0.15) is 12.5 Å². The standard InChI is InChI=1S/C13H19N3S/c1-10-9-15-13(16-10)14-8-7-11-3-5-12(17-2)6-4-11/h3-6,10H,7-9H2,1-2H3,(H2,14,15,16). The van der Waals surface area contributed by atoms with E-state index in [1.807, 2.05) is 0 Å². The van der Waals surface area contributed by atoms with Gasteiger partial charge in [0.1, 0.15) is 0 Å². The van der Waals surface area contributed by atoms with Crippen molar-refractivity contribution >= 4 is 17.7 Å². The van der Waals surface area contributed by atoms with Crippen molar-refractivity contribution in [1.29, 1.82) is 0 Å². The highest BCUT2D eigenvalue weighted by Gasteiger charge is 2.10. The number of thioether (sulfide) groups is 1. The number of aliphatic imine (C=N–C) groups is 1. The molecular formula is C13H19N3S. The molecule has 1 aliphatic heterocycles. The molecule has 17 heavy (non-hydrogen) atoms. The van der Waals surface area contributed by atoms with Gasteiger partial charge in [0.2, 0.25) is 0 Å². The molecule has 1 heterocycles. The molecule has 0 radical (unpaired) electrons. The Morgan fingerprint density at radius 2 is 2.18 bits per heavy atom. The van der Waals surface area contributed by atoms with Crippen LogP contribution in [0.5, 0.6) is 0 Å². The van der Waals surface area contributed by atoms with Gasteiger partial charge in [-0.25, -0.2) is 0 Å². The highest BCUT2D eigenvalue weighted by atomic mass is 32.2. The summed E-state index contributed by atoms with van der Waals surface area (Å²) in [7, 11) is 0. The largest absolute Gasteiger partial charge is 0.356 e. The summed E-state index contributed by atoms with van der Waals surface area (Å²) in [5.41, 5.74) is 1.36. The van der Waals surface area contributed by atoms with E-state index in [1.165, 1.54) is 10.5 Å². The van der Waals surface area contributed by atoms with Crippen molar-refractivity contribution in [2.45, 2.75) is 24.3 Å². The van der Waals surface area contributed by atoms with E-state index in [4.69, 9.17) is 0 Å². The van der Waals surface area contributed by atoms with Gasteiger partial charge < -0.3 is 10.6 Å². The van der Waals surface area contributed by atoms with Crippen molar-refractivity contribution in [3.63, 3.8) is 0 Å². The van der Waals surface area contributed by atoms with Crippen LogP contribution in [-0.4, -0.2) is 31.3 Å². The zero-order valence-electron chi connectivity index (χ0n) is 10.4. The molecule has 0 amide bonds. The topological polar surface area (TPSA) is 36.4 Å². The van der Waals surface area contributed by atoms with E-state index >= 15 is 0 Å². The molecule has 1 aromatic rings. The van der Waals surface area contributed by atoms with Crippen molar-refractivity contribution in [2.75, 3.05) is 19.3 Å². The fraction of sp³-hybridized carbons (Fsp3) is 0.462. The van der Waals surface area contributed by atoms with Crippen molar-refractivity contribution in [3.05, 3.63) is 29.8 Å². The third-order valence-corrected chi connectivity index (χ3v) is 3.52. The minimum atomic E-state index is 0.471. The molecule has 0 saturated heterocycles. The molecule has 0 fully saturated rings. The number of hydrogen-bond acceptors (Lipinski definition) is 4. The summed E-state index contributed by atoms with van der Waals surface area (Å²) in [4.78, 5) is 5.68. The molecule has 92 valence electrons. The Hall–Kier alpha value is -1.16. The van der Waals surface area contributed by atoms with E-state index in [9.17, 15) is 0 Å². The highest BCUT2D eigenvalue weighted by molar-refractivity contribution is 7.98. The Morgan fingerprint density at radius 1 is 1.41 bits per heavy atom. The van der Waals surface area contributed by atoms with Gasteiger partial charge in [-0.2, -0.15) is 0 Å². The Balaban J connectivity index is 1.74. The SMILES string of the molecule is CSc1ccc(CCNC2=NCC(C)N2)cc1. The van der Waals surface area contributed by atoms with Gasteiger partial charge in [-0.3, -0.25) is 4.99 Å². The molecule has 2 rings (SSSR count). The summed E-state index contributed by atoms with van der Waals surface area (Å²) in [6.07, 6.45) is 3.13. The second kappa shape index (κ2) is 5.96. The van der Waals surface area contributed by atoms with Gasteiger partial charge in [-0.15, -0.1) is 11.8 Å². The minimum Gasteiger partial charge on any atom is -0.356 e. The average Bonchev–Trinajstić information content (AvgIpc) is 2.76. The first-order valence-corrected chi connectivity index (χ1v) is 7.18. The van der Waals surface area contributed by atoms with E-state index in [2.05, 4.69) is 53.1 Å². The normalized spacial score (nSPS) is 18.7. The third kappa shape index (κ3) is 3.66. The predicted octanol–water partition coefficient (Wildman–Crippen LogP) is 1.89. The first kappa shape index (κ1) is 12.3. The molecule has 1 unspecified atom stereocenters. The molecule has 1 aliphatic rings. The summed E-state index contributed by atoms with van der Waals surface area (Å²) < 4.78 is 0. The van der Waals surface area contributed by atoms with Crippen LogP contribution in [-0.2, 0) is 6.42 Å². The number of hydrogen-bond donors (Lipinski definition) is 2. The predicted molar refractivity (Wildman–Crippen MR) is 74.8 cm³/mol. The zero-order valence-corrected chi connectivity index (χ0v) is 11.2. The Labute approximate surface area is 107 Å². The van der Waals surface area contributed by atoms with Crippen molar-refractivity contribution in [3.8, 4) is 0 Å². The second-order valence-corrected chi connectivity index (χ2v) is 5.14. The Morgan fingerprint density at radius 3 is 2.76 bits per heavy atom. The van der Waals surface area contributed by atoms with E-state index in [-0.39, 0.29) is 0 Å². The number of nitrogens with one attached hydrogen (secondary N) is 2. The van der Waals surface area contributed by atoms with Crippen LogP contribution >= 0.6 is 11.8 Å². The summed E-state index contributed by atoms with van der Waals surface area (Å²) in [5.74, 6) is 0.943. The number of guanidine groups is 1. The Kier molecular flexibility index (Phi) is 4.31. The van der Waals surface area contributed by atoms with E-state index in [1.54, 1.807) is 11.8 Å². The van der Waals surface area contributed by atoms with Crippen LogP contribution in [0.25, 0.3) is 0 Å². The molecule has 0 spiro atoms. The lowest BCUT2D eigenvalue weighted by atomic mass is 10.1. The molecule has 2 N–H and O–H groups in total. The van der Waals surface area contributed by atoms with Crippen molar-refractivity contribution in [1.82, 2.24) is 10.6 Å². The molecule has 3 nitrogen and oxygen atoms in total. The van der Waals surface area contributed by atoms with Crippen molar-refractivity contribution in [2.24, 2.45) is 4.99 Å². The summed E-state index contributed by atoms with van der Waals surface area (Å²) in [5, 5.41) is 6.62. The van der Waals surface area contributed by atoms with E-state index in [0.717, 1.165) is 25.5 Å². The number of nitrogens with zero attached hydrogens (tertiary/aromatic N) is 1. The number of benzene rings is 1. The fourth-order valence-electron chi connectivity index (χ4n) is 1.78. The summed E-state index contributed by atoms with van der Waals surface area (Å²) in [6, 6.07) is 9.21. The lowest BCUT2D eigenvalue weighted by Crippen LogP contribution is -2.38. The lowest BCUT2D eigenvalue weighted by Gasteiger charge is -2.08. The summed E-state index contributed by atoms with van der Waals surface area (Å²) >= 11 is 1.78. The van der Waals surface area contributed by atoms with Gasteiger partial charge in [0.05, 0.1) is 6.54 Å². The Bertz CT molecular complexity index is 386. The number of rotatable bonds is 4. The van der Waals surface area contributed by atoms with Gasteiger partial charge in [-0.1, -0.05) is 12.1 Å². The van der Waals surface area contributed by atoms with Crippen LogP contribution < -0.4 is 10.6 Å². The first-order valence-electron chi connectivity index (χ1n) is 5.95. The zero-order chi connectivity index (χ0) is 12.1. The third-order valence-electron chi connectivity index (χ3n) is 2.77. The smallest absolute Gasteiger partial charge is 0.191 e. The average molecular weight is 249 g/mol. The minimum absolute atomic E-state index is 0.471. The van der Waals surface area contributed by atoms with Gasteiger partial charge in [-0.05, 0) is 37.3 Å². The first-order chi connectivity index (χ1) is 8.28. The molecular weight excluding hydrogens is 230 g/mol.